The smallest absolute Gasteiger partial charge is 0.0936 e. The summed E-state index contributed by atoms with van der Waals surface area (Å²) < 4.78 is 5.69. The Morgan fingerprint density at radius 3 is 2.89 bits per heavy atom. The first-order valence-corrected chi connectivity index (χ1v) is 6.91. The molecule has 19 heavy (non-hydrogen) atoms. The molecule has 0 aromatic heterocycles. The number of nitrogens with zero attached hydrogens (tertiary/aromatic N) is 1. The second-order valence-electron chi connectivity index (χ2n) is 5.37. The summed E-state index contributed by atoms with van der Waals surface area (Å²) in [4.78, 5) is 2.32. The molecule has 1 aromatic rings. The zero-order valence-electron chi connectivity index (χ0n) is 11.7. The molecule has 1 saturated heterocycles. The average molecular weight is 264 g/mol. The number of ether oxygens (including phenoxy) is 1. The lowest BCUT2D eigenvalue weighted by molar-refractivity contribution is -0.105. The van der Waals surface area contributed by atoms with Gasteiger partial charge in [0.25, 0.3) is 0 Å². The molecule has 0 aliphatic carbocycles. The maximum Gasteiger partial charge on any atom is 0.0936 e. The highest BCUT2D eigenvalue weighted by atomic mass is 16.5. The van der Waals surface area contributed by atoms with Crippen molar-refractivity contribution < 1.29 is 9.84 Å². The monoisotopic (exact) mass is 264 g/mol. The van der Waals surface area contributed by atoms with Gasteiger partial charge < -0.3 is 15.6 Å². The van der Waals surface area contributed by atoms with Gasteiger partial charge in [-0.2, -0.15) is 0 Å². The van der Waals surface area contributed by atoms with Crippen molar-refractivity contribution in [2.75, 3.05) is 26.2 Å². The largest absolute Gasteiger partial charge is 0.394 e. The van der Waals surface area contributed by atoms with Crippen LogP contribution in [0.5, 0.6) is 0 Å². The molecule has 1 aromatic carbocycles. The lowest BCUT2D eigenvalue weighted by Gasteiger charge is -2.40. The number of morpholine rings is 1. The van der Waals surface area contributed by atoms with Crippen LogP contribution in [0.25, 0.3) is 0 Å². The third-order valence-electron chi connectivity index (χ3n) is 3.65. The third-order valence-corrected chi connectivity index (χ3v) is 3.65. The molecule has 106 valence electrons. The maximum atomic E-state index is 9.31. The van der Waals surface area contributed by atoms with Crippen molar-refractivity contribution in [2.24, 2.45) is 5.73 Å². The SMILES string of the molecule is Cc1cccc(C(CN)N2CC(C)OC(CO)C2)c1. The number of aliphatic hydroxyl groups excluding tert-OH is 1. The fraction of sp³-hybridized carbons (Fsp3) is 0.600. The Hall–Kier alpha value is -0.940. The molecular weight excluding hydrogens is 240 g/mol. The van der Waals surface area contributed by atoms with E-state index in [0.29, 0.717) is 6.54 Å². The molecule has 1 aliphatic heterocycles. The molecule has 0 amide bonds. The number of hydrogen-bond donors (Lipinski definition) is 2. The summed E-state index contributed by atoms with van der Waals surface area (Å²) in [7, 11) is 0. The van der Waals surface area contributed by atoms with Crippen molar-refractivity contribution in [3.8, 4) is 0 Å². The van der Waals surface area contributed by atoms with E-state index in [0.717, 1.165) is 13.1 Å². The van der Waals surface area contributed by atoms with Gasteiger partial charge in [-0.05, 0) is 19.4 Å². The second-order valence-corrected chi connectivity index (χ2v) is 5.37. The Balaban J connectivity index is 2.16. The Bertz CT molecular complexity index is 411. The lowest BCUT2D eigenvalue weighted by Crippen LogP contribution is -2.50. The Morgan fingerprint density at radius 1 is 1.47 bits per heavy atom. The summed E-state index contributed by atoms with van der Waals surface area (Å²) >= 11 is 0. The highest BCUT2D eigenvalue weighted by Gasteiger charge is 2.29. The molecule has 2 rings (SSSR count). The number of aliphatic hydroxyl groups is 1. The van der Waals surface area contributed by atoms with E-state index < -0.39 is 0 Å². The van der Waals surface area contributed by atoms with E-state index in [1.165, 1.54) is 11.1 Å². The highest BCUT2D eigenvalue weighted by Crippen LogP contribution is 2.24. The quantitative estimate of drug-likeness (QED) is 0.854. The molecule has 3 N–H and O–H groups in total. The van der Waals surface area contributed by atoms with Crippen LogP contribution in [0, 0.1) is 6.92 Å². The normalized spacial score (nSPS) is 26.3. The van der Waals surface area contributed by atoms with Crippen molar-refractivity contribution in [1.82, 2.24) is 4.90 Å². The van der Waals surface area contributed by atoms with Crippen LogP contribution in [0.3, 0.4) is 0 Å². The fourth-order valence-corrected chi connectivity index (χ4v) is 2.81. The van der Waals surface area contributed by atoms with E-state index in [9.17, 15) is 5.11 Å². The molecule has 0 bridgehead atoms. The van der Waals surface area contributed by atoms with Crippen molar-refractivity contribution in [3.63, 3.8) is 0 Å². The minimum Gasteiger partial charge on any atom is -0.394 e. The van der Waals surface area contributed by atoms with Gasteiger partial charge in [0.1, 0.15) is 0 Å². The summed E-state index contributed by atoms with van der Waals surface area (Å²) in [6.07, 6.45) is 0.0207. The van der Waals surface area contributed by atoms with E-state index in [2.05, 4.69) is 36.1 Å². The van der Waals surface area contributed by atoms with Gasteiger partial charge in [0.15, 0.2) is 0 Å². The number of hydrogen-bond acceptors (Lipinski definition) is 4. The van der Waals surface area contributed by atoms with E-state index in [1.54, 1.807) is 0 Å². The van der Waals surface area contributed by atoms with Gasteiger partial charge >= 0.3 is 0 Å². The summed E-state index contributed by atoms with van der Waals surface area (Å²) in [5.74, 6) is 0. The molecule has 0 radical (unpaired) electrons. The van der Waals surface area contributed by atoms with Crippen molar-refractivity contribution in [2.45, 2.75) is 32.1 Å². The summed E-state index contributed by atoms with van der Waals surface area (Å²) in [6, 6.07) is 8.67. The zero-order valence-corrected chi connectivity index (χ0v) is 11.7. The van der Waals surface area contributed by atoms with Gasteiger partial charge in [-0.25, -0.2) is 0 Å². The Kier molecular flexibility index (Phi) is 4.93. The molecule has 4 nitrogen and oxygen atoms in total. The van der Waals surface area contributed by atoms with Gasteiger partial charge in [-0.15, -0.1) is 0 Å². The average Bonchev–Trinajstić information content (AvgIpc) is 2.39. The van der Waals surface area contributed by atoms with Gasteiger partial charge in [0.05, 0.1) is 18.8 Å². The van der Waals surface area contributed by atoms with Crippen LogP contribution in [0.4, 0.5) is 0 Å². The molecule has 1 fully saturated rings. The molecule has 1 heterocycles. The zero-order chi connectivity index (χ0) is 13.8. The number of rotatable bonds is 4. The summed E-state index contributed by atoms with van der Waals surface area (Å²) in [5.41, 5.74) is 8.46. The molecule has 3 atom stereocenters. The van der Waals surface area contributed by atoms with Crippen LogP contribution < -0.4 is 5.73 Å². The van der Waals surface area contributed by atoms with Crippen molar-refractivity contribution in [3.05, 3.63) is 35.4 Å². The van der Waals surface area contributed by atoms with Crippen LogP contribution in [0.15, 0.2) is 24.3 Å². The van der Waals surface area contributed by atoms with Crippen LogP contribution in [0.1, 0.15) is 24.1 Å². The van der Waals surface area contributed by atoms with Gasteiger partial charge in [-0.1, -0.05) is 29.8 Å². The Morgan fingerprint density at radius 2 is 2.26 bits per heavy atom. The first-order chi connectivity index (χ1) is 9.13. The molecule has 0 saturated carbocycles. The molecule has 1 aliphatic rings. The van der Waals surface area contributed by atoms with Gasteiger partial charge in [0, 0.05) is 25.7 Å². The van der Waals surface area contributed by atoms with Crippen LogP contribution in [-0.4, -0.2) is 48.5 Å². The van der Waals surface area contributed by atoms with E-state index in [1.807, 2.05) is 6.92 Å². The minimum atomic E-state index is -0.109. The summed E-state index contributed by atoms with van der Waals surface area (Å²) in [5, 5.41) is 9.31. The van der Waals surface area contributed by atoms with E-state index in [-0.39, 0.29) is 24.9 Å². The Labute approximate surface area is 115 Å². The number of nitrogens with two attached hydrogens (primary N) is 1. The minimum absolute atomic E-state index is 0.0615. The lowest BCUT2D eigenvalue weighted by atomic mass is 10.0. The number of benzene rings is 1. The van der Waals surface area contributed by atoms with E-state index in [4.69, 9.17) is 10.5 Å². The first-order valence-electron chi connectivity index (χ1n) is 6.91. The fourth-order valence-electron chi connectivity index (χ4n) is 2.81. The number of aryl methyl sites for hydroxylation is 1. The molecule has 0 spiro atoms. The van der Waals surface area contributed by atoms with Crippen molar-refractivity contribution in [1.29, 1.82) is 0 Å². The van der Waals surface area contributed by atoms with Gasteiger partial charge in [0.2, 0.25) is 0 Å². The molecule has 3 unspecified atom stereocenters. The van der Waals surface area contributed by atoms with Gasteiger partial charge in [-0.3, -0.25) is 4.90 Å². The third kappa shape index (κ3) is 3.54. The molecular formula is C15H24N2O2. The summed E-state index contributed by atoms with van der Waals surface area (Å²) in [6.45, 7) is 6.36. The van der Waals surface area contributed by atoms with E-state index >= 15 is 0 Å². The second kappa shape index (κ2) is 6.48. The maximum absolute atomic E-state index is 9.31. The van der Waals surface area contributed by atoms with Crippen LogP contribution in [-0.2, 0) is 4.74 Å². The highest BCUT2D eigenvalue weighted by molar-refractivity contribution is 5.25. The first kappa shape index (κ1) is 14.5. The predicted octanol–water partition coefficient (Wildman–Crippen LogP) is 1.08. The standard InChI is InChI=1S/C15H24N2O2/c1-11-4-3-5-13(6-11)15(7-16)17-8-12(2)19-14(9-17)10-18/h3-6,12,14-15,18H,7-10,16H2,1-2H3. The predicted molar refractivity (Wildman–Crippen MR) is 76.0 cm³/mol. The topological polar surface area (TPSA) is 58.7 Å². The van der Waals surface area contributed by atoms with Crippen molar-refractivity contribution >= 4 is 0 Å². The molecule has 4 heteroatoms. The van der Waals surface area contributed by atoms with Crippen LogP contribution >= 0.6 is 0 Å². The van der Waals surface area contributed by atoms with Crippen LogP contribution in [0.2, 0.25) is 0 Å².